The van der Waals surface area contributed by atoms with Gasteiger partial charge >= 0.3 is 0 Å². The number of thiazole rings is 1. The van der Waals surface area contributed by atoms with Crippen LogP contribution in [0.25, 0.3) is 10.2 Å². The van der Waals surface area contributed by atoms with Crippen molar-refractivity contribution in [3.63, 3.8) is 0 Å². The second-order valence-corrected chi connectivity index (χ2v) is 6.70. The van der Waals surface area contributed by atoms with Crippen LogP contribution >= 0.6 is 27.3 Å². The third kappa shape index (κ3) is 2.67. The highest BCUT2D eigenvalue weighted by Gasteiger charge is 2.07. The van der Waals surface area contributed by atoms with Crippen LogP contribution in [-0.2, 0) is 10.0 Å². The molecule has 0 unspecified atom stereocenters. The summed E-state index contributed by atoms with van der Waals surface area (Å²) in [5, 5.41) is 0.394. The minimum absolute atomic E-state index is 0.394. The molecule has 0 fully saturated rings. The summed E-state index contributed by atoms with van der Waals surface area (Å²) in [6.45, 7) is 0. The van der Waals surface area contributed by atoms with Crippen molar-refractivity contribution >= 4 is 52.6 Å². The van der Waals surface area contributed by atoms with Gasteiger partial charge in [0.1, 0.15) is 0 Å². The molecule has 1 N–H and O–H groups in total. The molecule has 1 aromatic heterocycles. The summed E-state index contributed by atoms with van der Waals surface area (Å²) in [7, 11) is -3.25. The number of aromatic nitrogens is 1. The van der Waals surface area contributed by atoms with Crippen molar-refractivity contribution in [2.24, 2.45) is 0 Å². The number of nitrogens with zero attached hydrogens (tertiary/aromatic N) is 1. The first kappa shape index (κ1) is 10.8. The highest BCUT2D eigenvalue weighted by molar-refractivity contribution is 9.10. The van der Waals surface area contributed by atoms with Crippen LogP contribution in [0.1, 0.15) is 0 Å². The molecule has 0 saturated carbocycles. The van der Waals surface area contributed by atoms with Crippen LogP contribution in [0.3, 0.4) is 0 Å². The van der Waals surface area contributed by atoms with Crippen LogP contribution in [0.2, 0.25) is 0 Å². The summed E-state index contributed by atoms with van der Waals surface area (Å²) in [4.78, 5) is 4.15. The molecule has 0 aliphatic heterocycles. The van der Waals surface area contributed by atoms with E-state index in [9.17, 15) is 8.42 Å². The molecule has 1 heterocycles. The van der Waals surface area contributed by atoms with Crippen molar-refractivity contribution in [2.45, 2.75) is 0 Å². The number of halogens is 1. The Bertz CT molecular complexity index is 606. The zero-order chi connectivity index (χ0) is 11.1. The van der Waals surface area contributed by atoms with Crippen molar-refractivity contribution in [3.8, 4) is 0 Å². The molecule has 0 aliphatic rings. The molecular formula is C8H7BrN2O2S2. The quantitative estimate of drug-likeness (QED) is 0.927. The van der Waals surface area contributed by atoms with E-state index in [0.29, 0.717) is 5.13 Å². The maximum absolute atomic E-state index is 11.0. The van der Waals surface area contributed by atoms with Gasteiger partial charge in [-0.25, -0.2) is 13.4 Å². The monoisotopic (exact) mass is 306 g/mol. The van der Waals surface area contributed by atoms with E-state index < -0.39 is 10.0 Å². The van der Waals surface area contributed by atoms with E-state index in [1.54, 1.807) is 0 Å². The fourth-order valence-electron chi connectivity index (χ4n) is 1.10. The first-order valence-electron chi connectivity index (χ1n) is 3.98. The highest BCUT2D eigenvalue weighted by Crippen LogP contribution is 2.28. The van der Waals surface area contributed by atoms with Gasteiger partial charge in [-0.05, 0) is 18.2 Å². The van der Waals surface area contributed by atoms with E-state index in [2.05, 4.69) is 25.6 Å². The Hall–Kier alpha value is -0.660. The lowest BCUT2D eigenvalue weighted by atomic mass is 10.3. The van der Waals surface area contributed by atoms with Crippen LogP contribution in [0.15, 0.2) is 22.7 Å². The largest absolute Gasteiger partial charge is 0.259 e. The summed E-state index contributed by atoms with van der Waals surface area (Å²) in [5.41, 5.74) is 0.786. The van der Waals surface area contributed by atoms with Gasteiger partial charge in [0.15, 0.2) is 5.13 Å². The van der Waals surface area contributed by atoms with Gasteiger partial charge in [0.2, 0.25) is 10.0 Å². The molecule has 0 amide bonds. The minimum atomic E-state index is -3.25. The first-order valence-corrected chi connectivity index (χ1v) is 7.48. The number of rotatable bonds is 2. The van der Waals surface area contributed by atoms with Crippen LogP contribution in [0, 0.1) is 0 Å². The minimum Gasteiger partial charge on any atom is -0.259 e. The smallest absolute Gasteiger partial charge is 0.231 e. The van der Waals surface area contributed by atoms with Crippen molar-refractivity contribution in [1.82, 2.24) is 4.98 Å². The molecule has 0 radical (unpaired) electrons. The maximum Gasteiger partial charge on any atom is 0.231 e. The van der Waals surface area contributed by atoms with Crippen LogP contribution < -0.4 is 4.72 Å². The third-order valence-electron chi connectivity index (χ3n) is 1.62. The van der Waals surface area contributed by atoms with Crippen molar-refractivity contribution in [3.05, 3.63) is 22.7 Å². The standard InChI is InChI=1S/C8H7BrN2O2S2/c1-15(12,13)11-8-10-6-3-2-5(9)4-7(6)14-8/h2-4H,1H3,(H,10,11). The second kappa shape index (κ2) is 3.73. The number of fused-ring (bicyclic) bond motifs is 1. The van der Waals surface area contributed by atoms with Gasteiger partial charge in [0.25, 0.3) is 0 Å². The lowest BCUT2D eigenvalue weighted by molar-refractivity contribution is 0.607. The zero-order valence-corrected chi connectivity index (χ0v) is 10.9. The molecule has 1 aromatic carbocycles. The van der Waals surface area contributed by atoms with Gasteiger partial charge in [-0.3, -0.25) is 4.72 Å². The Morgan fingerprint density at radius 3 is 2.87 bits per heavy atom. The van der Waals surface area contributed by atoms with E-state index in [-0.39, 0.29) is 0 Å². The first-order chi connectivity index (χ1) is 6.94. The molecule has 0 aliphatic carbocycles. The molecule has 4 nitrogen and oxygen atoms in total. The molecule has 0 saturated heterocycles. The summed E-state index contributed by atoms with van der Waals surface area (Å²) < 4.78 is 26.2. The topological polar surface area (TPSA) is 59.1 Å². The van der Waals surface area contributed by atoms with Gasteiger partial charge in [0, 0.05) is 4.47 Å². The van der Waals surface area contributed by atoms with Gasteiger partial charge in [0.05, 0.1) is 16.5 Å². The number of nitrogens with one attached hydrogen (secondary N) is 1. The number of sulfonamides is 1. The molecular weight excluding hydrogens is 300 g/mol. The van der Waals surface area contributed by atoms with Crippen molar-refractivity contribution < 1.29 is 8.42 Å². The summed E-state index contributed by atoms with van der Waals surface area (Å²) >= 11 is 4.65. The van der Waals surface area contributed by atoms with E-state index in [1.807, 2.05) is 18.2 Å². The lowest BCUT2D eigenvalue weighted by Crippen LogP contribution is -2.08. The summed E-state index contributed by atoms with van der Waals surface area (Å²) in [6, 6.07) is 5.61. The summed E-state index contributed by atoms with van der Waals surface area (Å²) in [6.07, 6.45) is 1.11. The average molecular weight is 307 g/mol. The normalized spacial score (nSPS) is 11.9. The number of anilines is 1. The van der Waals surface area contributed by atoms with Crippen LogP contribution in [-0.4, -0.2) is 19.7 Å². The molecule has 80 valence electrons. The van der Waals surface area contributed by atoms with Gasteiger partial charge in [-0.1, -0.05) is 27.3 Å². The lowest BCUT2D eigenvalue weighted by Gasteiger charge is -1.95. The SMILES string of the molecule is CS(=O)(=O)Nc1nc2ccc(Br)cc2s1. The van der Waals surface area contributed by atoms with E-state index in [0.717, 1.165) is 20.9 Å². The third-order valence-corrected chi connectivity index (χ3v) is 3.74. The van der Waals surface area contributed by atoms with Crippen LogP contribution in [0.5, 0.6) is 0 Å². The second-order valence-electron chi connectivity index (χ2n) is 3.01. The van der Waals surface area contributed by atoms with E-state index in [4.69, 9.17) is 0 Å². The summed E-state index contributed by atoms with van der Waals surface area (Å²) in [5.74, 6) is 0. The Kier molecular flexibility index (Phi) is 2.70. The fourth-order valence-corrected chi connectivity index (χ4v) is 3.35. The van der Waals surface area contributed by atoms with Gasteiger partial charge < -0.3 is 0 Å². The molecule has 15 heavy (non-hydrogen) atoms. The Labute approximate surface area is 99.5 Å². The zero-order valence-electron chi connectivity index (χ0n) is 7.69. The molecule has 0 bridgehead atoms. The number of benzene rings is 1. The molecule has 0 spiro atoms. The highest BCUT2D eigenvalue weighted by atomic mass is 79.9. The predicted octanol–water partition coefficient (Wildman–Crippen LogP) is 2.43. The van der Waals surface area contributed by atoms with Crippen LogP contribution in [0.4, 0.5) is 5.13 Å². The predicted molar refractivity (Wildman–Crippen MR) is 65.8 cm³/mol. The van der Waals surface area contributed by atoms with Gasteiger partial charge in [-0.15, -0.1) is 0 Å². The average Bonchev–Trinajstić information content (AvgIpc) is 2.42. The number of hydrogen-bond donors (Lipinski definition) is 1. The molecule has 0 atom stereocenters. The van der Waals surface area contributed by atoms with Crippen molar-refractivity contribution in [1.29, 1.82) is 0 Å². The van der Waals surface area contributed by atoms with Gasteiger partial charge in [-0.2, -0.15) is 0 Å². The van der Waals surface area contributed by atoms with Crippen molar-refractivity contribution in [2.75, 3.05) is 11.0 Å². The molecule has 2 aromatic rings. The fraction of sp³-hybridized carbons (Fsp3) is 0.125. The maximum atomic E-state index is 11.0. The Balaban J connectivity index is 2.48. The molecule has 7 heteroatoms. The van der Waals surface area contributed by atoms with E-state index in [1.165, 1.54) is 11.3 Å². The number of hydrogen-bond acceptors (Lipinski definition) is 4. The van der Waals surface area contributed by atoms with E-state index >= 15 is 0 Å². The Morgan fingerprint density at radius 2 is 2.20 bits per heavy atom. The molecule has 2 rings (SSSR count). The Morgan fingerprint density at radius 1 is 1.47 bits per heavy atom.